The number of fused-ring (bicyclic) bond motifs is 2. The topological polar surface area (TPSA) is 88.8 Å². The Hall–Kier alpha value is -3.68. The zero-order valence-corrected chi connectivity index (χ0v) is 28.1. The number of allylic oxidation sites excluding steroid dienone is 1. The van der Waals surface area contributed by atoms with Crippen LogP contribution in [-0.2, 0) is 17.8 Å². The van der Waals surface area contributed by atoms with E-state index in [4.69, 9.17) is 14.7 Å². The number of nitriles is 1. The Kier molecular flexibility index (Phi) is 9.29. The number of halogens is 1. The van der Waals surface area contributed by atoms with Crippen molar-refractivity contribution in [2.75, 3.05) is 68.6 Å². The first kappa shape index (κ1) is 31.3. The fourth-order valence-electron chi connectivity index (χ4n) is 6.96. The highest BCUT2D eigenvalue weighted by atomic mass is 79.9. The maximum atomic E-state index is 13.0. The van der Waals surface area contributed by atoms with Crippen LogP contribution in [0.4, 0.5) is 11.5 Å². The van der Waals surface area contributed by atoms with Crippen LogP contribution < -0.4 is 14.5 Å². The Morgan fingerprint density at radius 2 is 1.96 bits per heavy atom. The molecule has 0 N–H and O–H groups in total. The van der Waals surface area contributed by atoms with E-state index in [-0.39, 0.29) is 23.8 Å². The second-order valence-corrected chi connectivity index (χ2v) is 13.6. The largest absolute Gasteiger partial charge is 0.463 e. The fourth-order valence-corrected chi connectivity index (χ4v) is 7.15. The van der Waals surface area contributed by atoms with Crippen LogP contribution in [0.3, 0.4) is 0 Å². The summed E-state index contributed by atoms with van der Waals surface area (Å²) in [5.41, 5.74) is 4.76. The van der Waals surface area contributed by atoms with Crippen molar-refractivity contribution in [3.63, 3.8) is 0 Å². The number of anilines is 2. The van der Waals surface area contributed by atoms with Gasteiger partial charge in [0, 0.05) is 60.1 Å². The summed E-state index contributed by atoms with van der Waals surface area (Å²) >= 11 is 3.35. The highest BCUT2D eigenvalue weighted by Crippen LogP contribution is 2.46. The smallest absolute Gasteiger partial charge is 0.318 e. The summed E-state index contributed by atoms with van der Waals surface area (Å²) in [6.07, 6.45) is 6.75. The van der Waals surface area contributed by atoms with E-state index in [1.807, 2.05) is 4.90 Å². The summed E-state index contributed by atoms with van der Waals surface area (Å²) in [6.45, 7) is 6.96. The van der Waals surface area contributed by atoms with Gasteiger partial charge >= 0.3 is 6.01 Å². The van der Waals surface area contributed by atoms with Crippen molar-refractivity contribution in [2.24, 2.45) is 5.41 Å². The van der Waals surface area contributed by atoms with E-state index < -0.39 is 0 Å². The second kappa shape index (κ2) is 13.4. The van der Waals surface area contributed by atoms with E-state index in [2.05, 4.69) is 94.1 Å². The molecule has 1 aliphatic carbocycles. The minimum absolute atomic E-state index is 0.0558. The molecule has 3 aromatic rings. The van der Waals surface area contributed by atoms with E-state index in [1.54, 1.807) is 12.2 Å². The van der Waals surface area contributed by atoms with Crippen LogP contribution in [0.2, 0.25) is 0 Å². The molecule has 3 aliphatic rings. The molecule has 2 aliphatic heterocycles. The molecule has 236 valence electrons. The number of rotatable bonds is 10. The van der Waals surface area contributed by atoms with Gasteiger partial charge in [0.25, 0.3) is 0 Å². The van der Waals surface area contributed by atoms with Crippen molar-refractivity contribution in [3.8, 4) is 12.1 Å². The van der Waals surface area contributed by atoms with Gasteiger partial charge in [-0.1, -0.05) is 52.3 Å². The Morgan fingerprint density at radius 3 is 2.69 bits per heavy atom. The molecule has 45 heavy (non-hydrogen) atoms. The molecule has 9 nitrogen and oxygen atoms in total. The summed E-state index contributed by atoms with van der Waals surface area (Å²) in [4.78, 5) is 31.8. The SMILES string of the molecule is Cc1cccc2cccc(N3CCc4c(nc(OCC5(CN(C)C)CC5)nc4N4CCN(C(=O)/C=C/CBr)C(CC#N)C4)C3)c12. The quantitative estimate of drug-likeness (QED) is 0.217. The number of hydrogen-bond donors (Lipinski definition) is 0. The molecular formula is C35H42BrN7O2. The maximum absolute atomic E-state index is 13.0. The molecule has 1 atom stereocenters. The van der Waals surface area contributed by atoms with Gasteiger partial charge in [0.2, 0.25) is 5.91 Å². The van der Waals surface area contributed by atoms with Gasteiger partial charge in [-0.2, -0.15) is 15.2 Å². The van der Waals surface area contributed by atoms with Gasteiger partial charge in [-0.05, 0) is 63.4 Å². The first-order valence-electron chi connectivity index (χ1n) is 15.9. The predicted octanol–water partition coefficient (Wildman–Crippen LogP) is 5.10. The number of hydrogen-bond acceptors (Lipinski definition) is 8. The van der Waals surface area contributed by atoms with Crippen LogP contribution in [0.5, 0.6) is 6.01 Å². The van der Waals surface area contributed by atoms with Gasteiger partial charge in [-0.25, -0.2) is 0 Å². The Labute approximate surface area is 274 Å². The number of benzene rings is 2. The zero-order valence-electron chi connectivity index (χ0n) is 26.5. The predicted molar refractivity (Wildman–Crippen MR) is 182 cm³/mol. The van der Waals surface area contributed by atoms with Gasteiger partial charge in [-0.15, -0.1) is 0 Å². The highest BCUT2D eigenvalue weighted by Gasteiger charge is 2.44. The Bertz CT molecular complexity index is 1620. The summed E-state index contributed by atoms with van der Waals surface area (Å²) in [5, 5.41) is 12.8. The molecule has 1 aromatic heterocycles. The third-order valence-electron chi connectivity index (χ3n) is 9.31. The lowest BCUT2D eigenvalue weighted by molar-refractivity contribution is -0.128. The second-order valence-electron chi connectivity index (χ2n) is 13.0. The molecule has 0 spiro atoms. The van der Waals surface area contributed by atoms with Crippen molar-refractivity contribution < 1.29 is 9.53 Å². The van der Waals surface area contributed by atoms with E-state index in [0.717, 1.165) is 49.4 Å². The van der Waals surface area contributed by atoms with Crippen molar-refractivity contribution in [3.05, 3.63) is 65.4 Å². The van der Waals surface area contributed by atoms with Crippen LogP contribution >= 0.6 is 15.9 Å². The number of carbonyl (C=O) groups excluding carboxylic acids is 1. The number of aromatic nitrogens is 2. The lowest BCUT2D eigenvalue weighted by atomic mass is 9.99. The van der Waals surface area contributed by atoms with Gasteiger partial charge in [0.1, 0.15) is 5.82 Å². The standard InChI is InChI=1S/C35H42BrN7O2/c1-25-7-4-8-26-9-5-10-30(32(25)26)41-18-13-28-29(22-41)38-34(45-24-35(14-15-35)23-40(2)3)39-33(28)42-19-20-43(27(21-42)12-17-37)31(44)11-6-16-36/h4-11,27H,12-16,18-24H2,1-3H3/b11-6+. The van der Waals surface area contributed by atoms with E-state index in [9.17, 15) is 10.1 Å². The number of alkyl halides is 1. The van der Waals surface area contributed by atoms with Crippen molar-refractivity contribution in [2.45, 2.75) is 45.2 Å². The van der Waals surface area contributed by atoms with Crippen molar-refractivity contribution >= 4 is 44.1 Å². The van der Waals surface area contributed by atoms with E-state index in [1.165, 1.54) is 22.0 Å². The fraction of sp³-hybridized carbons (Fsp3) is 0.486. The average Bonchev–Trinajstić information content (AvgIpc) is 3.80. The zero-order chi connectivity index (χ0) is 31.6. The lowest BCUT2D eigenvalue weighted by Crippen LogP contribution is -2.55. The van der Waals surface area contributed by atoms with Crippen LogP contribution in [-0.4, -0.2) is 90.5 Å². The molecule has 2 aromatic carbocycles. The number of ether oxygens (including phenoxy) is 1. The number of nitrogens with zero attached hydrogens (tertiary/aromatic N) is 7. The van der Waals surface area contributed by atoms with Crippen LogP contribution in [0, 0.1) is 23.7 Å². The maximum Gasteiger partial charge on any atom is 0.318 e. The normalized spacial score (nSPS) is 19.2. The molecule has 10 heteroatoms. The van der Waals surface area contributed by atoms with E-state index >= 15 is 0 Å². The minimum Gasteiger partial charge on any atom is -0.463 e. The minimum atomic E-state index is -0.222. The summed E-state index contributed by atoms with van der Waals surface area (Å²) in [5.74, 6) is 0.826. The third-order valence-corrected chi connectivity index (χ3v) is 9.69. The lowest BCUT2D eigenvalue weighted by Gasteiger charge is -2.42. The van der Waals surface area contributed by atoms with Crippen LogP contribution in [0.25, 0.3) is 10.8 Å². The molecule has 0 bridgehead atoms. The number of aryl methyl sites for hydroxylation is 1. The molecular weight excluding hydrogens is 630 g/mol. The molecule has 1 saturated carbocycles. The first-order chi connectivity index (χ1) is 21.8. The van der Waals surface area contributed by atoms with Gasteiger partial charge in [-0.3, -0.25) is 4.79 Å². The monoisotopic (exact) mass is 671 g/mol. The van der Waals surface area contributed by atoms with Gasteiger partial charge < -0.3 is 24.3 Å². The third kappa shape index (κ3) is 6.80. The molecule has 2 fully saturated rings. The molecule has 6 rings (SSSR count). The van der Waals surface area contributed by atoms with E-state index in [0.29, 0.717) is 44.1 Å². The highest BCUT2D eigenvalue weighted by molar-refractivity contribution is 9.09. The molecule has 3 heterocycles. The molecule has 1 saturated heterocycles. The number of amides is 1. The molecule has 1 unspecified atom stereocenters. The Balaban J connectivity index is 1.32. The van der Waals surface area contributed by atoms with Gasteiger partial charge in [0.15, 0.2) is 0 Å². The number of carbonyl (C=O) groups is 1. The number of piperazine rings is 1. The molecule has 1 amide bonds. The summed E-state index contributed by atoms with van der Waals surface area (Å²) in [6, 6.07) is 15.5. The van der Waals surface area contributed by atoms with Crippen molar-refractivity contribution in [1.29, 1.82) is 5.26 Å². The molecule has 0 radical (unpaired) electrons. The van der Waals surface area contributed by atoms with Gasteiger partial charge in [0.05, 0.1) is 37.4 Å². The Morgan fingerprint density at radius 1 is 1.16 bits per heavy atom. The summed E-state index contributed by atoms with van der Waals surface area (Å²) in [7, 11) is 4.21. The van der Waals surface area contributed by atoms with Crippen LogP contribution in [0.1, 0.15) is 36.1 Å². The summed E-state index contributed by atoms with van der Waals surface area (Å²) < 4.78 is 6.42. The van der Waals surface area contributed by atoms with Crippen LogP contribution in [0.15, 0.2) is 48.6 Å². The average molecular weight is 673 g/mol. The first-order valence-corrected chi connectivity index (χ1v) is 17.0. The van der Waals surface area contributed by atoms with Crippen molar-refractivity contribution in [1.82, 2.24) is 19.8 Å².